The summed E-state index contributed by atoms with van der Waals surface area (Å²) in [6.07, 6.45) is 8.88. The third kappa shape index (κ3) is 5.86. The van der Waals surface area contributed by atoms with Crippen LogP contribution in [0.5, 0.6) is 0 Å². The number of aliphatic carboxylic acids is 1. The quantitative estimate of drug-likeness (QED) is 0.243. The van der Waals surface area contributed by atoms with Gasteiger partial charge in [0.05, 0.1) is 28.3 Å². The molecule has 0 spiro atoms. The number of non-ortho nitro benzene ring substituents is 1. The largest absolute Gasteiger partial charge is 0.478 e. The predicted molar refractivity (Wildman–Crippen MR) is 140 cm³/mol. The van der Waals surface area contributed by atoms with Crippen LogP contribution < -0.4 is 5.32 Å². The number of ether oxygens (including phenoxy) is 1. The Morgan fingerprint density at radius 3 is 2.55 bits per heavy atom. The Bertz CT molecular complexity index is 1450. The molecule has 0 saturated carbocycles. The highest BCUT2D eigenvalue weighted by atomic mass is 16.6. The molecule has 3 aromatic rings. The molecular formula is C28H26N4O6. The summed E-state index contributed by atoms with van der Waals surface area (Å²) in [6.45, 7) is 3.90. The second-order valence-electron chi connectivity index (χ2n) is 8.77. The van der Waals surface area contributed by atoms with Crippen LogP contribution in [0.1, 0.15) is 36.5 Å². The lowest BCUT2D eigenvalue weighted by molar-refractivity contribution is -0.384. The molecule has 10 nitrogen and oxygen atoms in total. The predicted octanol–water partition coefficient (Wildman–Crippen LogP) is 4.42. The van der Waals surface area contributed by atoms with E-state index in [2.05, 4.69) is 10.3 Å². The number of dihydropyridines is 1. The highest BCUT2D eigenvalue weighted by Gasteiger charge is 2.37. The van der Waals surface area contributed by atoms with Gasteiger partial charge in [-0.15, -0.1) is 0 Å². The van der Waals surface area contributed by atoms with Crippen molar-refractivity contribution in [2.45, 2.75) is 26.3 Å². The van der Waals surface area contributed by atoms with Crippen molar-refractivity contribution in [1.82, 2.24) is 14.9 Å². The first-order valence-electron chi connectivity index (χ1n) is 11.8. The third-order valence-corrected chi connectivity index (χ3v) is 6.15. The fraction of sp³-hybridized carbons (Fsp3) is 0.179. The maximum absolute atomic E-state index is 13.2. The molecule has 0 saturated heterocycles. The number of carboxylic acids is 1. The van der Waals surface area contributed by atoms with Crippen molar-refractivity contribution in [2.24, 2.45) is 0 Å². The number of esters is 1. The summed E-state index contributed by atoms with van der Waals surface area (Å²) in [7, 11) is 0. The maximum Gasteiger partial charge on any atom is 0.337 e. The van der Waals surface area contributed by atoms with Crippen LogP contribution in [0, 0.1) is 10.1 Å². The molecule has 0 radical (unpaired) electrons. The van der Waals surface area contributed by atoms with E-state index < -0.39 is 22.8 Å². The first-order chi connectivity index (χ1) is 18.2. The van der Waals surface area contributed by atoms with Gasteiger partial charge in [0.2, 0.25) is 0 Å². The fourth-order valence-electron chi connectivity index (χ4n) is 4.41. The summed E-state index contributed by atoms with van der Waals surface area (Å²) < 4.78 is 7.44. The van der Waals surface area contributed by atoms with Crippen LogP contribution >= 0.6 is 0 Å². The zero-order chi connectivity index (χ0) is 27.2. The number of carboxylic acid groups (broad SMARTS) is 1. The number of benzene rings is 2. The molecule has 0 bridgehead atoms. The average molecular weight is 515 g/mol. The second kappa shape index (κ2) is 11.4. The molecule has 38 heavy (non-hydrogen) atoms. The molecule has 1 atom stereocenters. The van der Waals surface area contributed by atoms with Gasteiger partial charge in [0.1, 0.15) is 6.61 Å². The number of allylic oxidation sites excluding steroid dienone is 2. The van der Waals surface area contributed by atoms with Gasteiger partial charge in [0.25, 0.3) is 5.69 Å². The summed E-state index contributed by atoms with van der Waals surface area (Å²) in [5.41, 5.74) is 2.93. The number of carbonyl (C=O) groups excluding carboxylic acids is 1. The van der Waals surface area contributed by atoms with Crippen LogP contribution in [-0.2, 0) is 20.9 Å². The van der Waals surface area contributed by atoms with E-state index in [1.165, 1.54) is 18.2 Å². The Kier molecular flexibility index (Phi) is 7.81. The Balaban J connectivity index is 1.49. The van der Waals surface area contributed by atoms with Gasteiger partial charge < -0.3 is 19.7 Å². The summed E-state index contributed by atoms with van der Waals surface area (Å²) in [6, 6.07) is 13.5. The van der Waals surface area contributed by atoms with Crippen LogP contribution in [0.25, 0.3) is 6.08 Å². The highest BCUT2D eigenvalue weighted by Crippen LogP contribution is 2.39. The molecule has 2 heterocycles. The average Bonchev–Trinajstić information content (AvgIpc) is 3.40. The van der Waals surface area contributed by atoms with Crippen molar-refractivity contribution in [1.29, 1.82) is 0 Å². The number of imidazole rings is 1. The first-order valence-corrected chi connectivity index (χ1v) is 11.8. The number of carbonyl (C=O) groups is 2. The molecule has 10 heteroatoms. The summed E-state index contributed by atoms with van der Waals surface area (Å²) in [5, 5.41) is 24.2. The van der Waals surface area contributed by atoms with E-state index in [0.717, 1.165) is 11.1 Å². The molecule has 0 amide bonds. The van der Waals surface area contributed by atoms with Crippen LogP contribution in [0.15, 0.2) is 95.9 Å². The van der Waals surface area contributed by atoms with Gasteiger partial charge in [-0.25, -0.2) is 14.6 Å². The van der Waals surface area contributed by atoms with Gasteiger partial charge >= 0.3 is 11.9 Å². The lowest BCUT2D eigenvalue weighted by Gasteiger charge is -2.29. The minimum atomic E-state index is -1.24. The molecule has 1 aliphatic heterocycles. The molecule has 4 rings (SSSR count). The van der Waals surface area contributed by atoms with E-state index in [-0.39, 0.29) is 23.4 Å². The van der Waals surface area contributed by atoms with E-state index in [1.807, 2.05) is 41.1 Å². The fourth-order valence-corrected chi connectivity index (χ4v) is 4.41. The molecule has 0 aliphatic carbocycles. The van der Waals surface area contributed by atoms with Gasteiger partial charge in [-0.1, -0.05) is 42.5 Å². The summed E-state index contributed by atoms with van der Waals surface area (Å²) in [5.74, 6) is -2.98. The SMILES string of the molecule is CC1=C(C(=O)O)C(c2cccc([N+](=O)[O-])c2)C(C(=O)OC/C=C\c2ccc(Cn3ccnc3)cc2)=C(C)N1. The van der Waals surface area contributed by atoms with Gasteiger partial charge in [0, 0.05) is 42.5 Å². The summed E-state index contributed by atoms with van der Waals surface area (Å²) >= 11 is 0. The maximum atomic E-state index is 13.2. The standard InChI is InChI=1S/C28H26N4O6/c1-18-24(27(33)34)26(22-6-3-7-23(15-22)32(36)37)25(19(2)30-18)28(35)38-14-4-5-20-8-10-21(11-9-20)16-31-13-12-29-17-31/h3-13,15,17,26,30H,14,16H2,1-2H3,(H,33,34)/b5-4-. The molecule has 1 aliphatic rings. The van der Waals surface area contributed by atoms with Gasteiger partial charge in [0.15, 0.2) is 0 Å². The van der Waals surface area contributed by atoms with Gasteiger partial charge in [-0.3, -0.25) is 10.1 Å². The Morgan fingerprint density at radius 2 is 1.89 bits per heavy atom. The number of hydrogen-bond acceptors (Lipinski definition) is 7. The third-order valence-electron chi connectivity index (χ3n) is 6.15. The van der Waals surface area contributed by atoms with Crippen LogP contribution in [-0.4, -0.2) is 38.1 Å². The van der Waals surface area contributed by atoms with Crippen LogP contribution in [0.4, 0.5) is 5.69 Å². The molecule has 194 valence electrons. The van der Waals surface area contributed by atoms with Crippen molar-refractivity contribution < 1.29 is 24.4 Å². The van der Waals surface area contributed by atoms with Crippen molar-refractivity contribution in [3.63, 3.8) is 0 Å². The monoisotopic (exact) mass is 514 g/mol. The number of nitro groups is 1. The smallest absolute Gasteiger partial charge is 0.337 e. The van der Waals surface area contributed by atoms with Gasteiger partial charge in [-0.05, 0) is 36.6 Å². The summed E-state index contributed by atoms with van der Waals surface area (Å²) in [4.78, 5) is 40.1. The van der Waals surface area contributed by atoms with E-state index in [9.17, 15) is 24.8 Å². The highest BCUT2D eigenvalue weighted by molar-refractivity contribution is 5.99. The normalized spacial score (nSPS) is 15.5. The second-order valence-corrected chi connectivity index (χ2v) is 8.77. The number of nitro benzene ring substituents is 1. The van der Waals surface area contributed by atoms with Crippen molar-refractivity contribution in [3.05, 3.63) is 123 Å². The lowest BCUT2D eigenvalue weighted by Crippen LogP contribution is -2.31. The van der Waals surface area contributed by atoms with Crippen LogP contribution in [0.2, 0.25) is 0 Å². The molecular weight excluding hydrogens is 488 g/mol. The van der Waals surface area contributed by atoms with Gasteiger partial charge in [-0.2, -0.15) is 0 Å². The first kappa shape index (κ1) is 26.1. The lowest BCUT2D eigenvalue weighted by atomic mass is 9.80. The molecule has 1 aromatic heterocycles. The van der Waals surface area contributed by atoms with E-state index in [0.29, 0.717) is 23.5 Å². The number of hydrogen-bond donors (Lipinski definition) is 2. The Labute approximate surface area is 218 Å². The van der Waals surface area contributed by atoms with Crippen molar-refractivity contribution >= 4 is 23.7 Å². The Morgan fingerprint density at radius 1 is 1.16 bits per heavy atom. The Hall–Kier alpha value is -4.99. The minimum Gasteiger partial charge on any atom is -0.478 e. The zero-order valence-electron chi connectivity index (χ0n) is 20.8. The molecule has 0 fully saturated rings. The topological polar surface area (TPSA) is 137 Å². The number of rotatable bonds is 9. The number of aromatic nitrogens is 2. The van der Waals surface area contributed by atoms with Crippen LogP contribution in [0.3, 0.4) is 0 Å². The zero-order valence-corrected chi connectivity index (χ0v) is 20.8. The van der Waals surface area contributed by atoms with Crippen molar-refractivity contribution in [3.8, 4) is 0 Å². The van der Waals surface area contributed by atoms with E-state index in [4.69, 9.17) is 4.74 Å². The number of nitrogens with zero attached hydrogens (tertiary/aromatic N) is 3. The van der Waals surface area contributed by atoms with Crippen molar-refractivity contribution in [2.75, 3.05) is 6.61 Å². The van der Waals surface area contributed by atoms with E-state index in [1.54, 1.807) is 38.5 Å². The molecule has 2 N–H and O–H groups in total. The molecule has 1 unspecified atom stereocenters. The minimum absolute atomic E-state index is 0.0425. The number of nitrogens with one attached hydrogen (secondary N) is 1. The molecule has 2 aromatic carbocycles. The van der Waals surface area contributed by atoms with E-state index >= 15 is 0 Å².